The highest BCUT2D eigenvalue weighted by Gasteiger charge is 2.13. The van der Waals surface area contributed by atoms with Crippen LogP contribution in [0.25, 0.3) is 0 Å². The maximum atomic E-state index is 12.4. The Morgan fingerprint density at radius 2 is 1.55 bits per heavy atom. The molecular formula is C24H24N2O5. The second-order valence-corrected chi connectivity index (χ2v) is 6.70. The molecule has 0 saturated carbocycles. The number of carbonyl (C=O) groups excluding carboxylic acids is 2. The van der Waals surface area contributed by atoms with E-state index in [0.29, 0.717) is 29.4 Å². The number of benzene rings is 3. The van der Waals surface area contributed by atoms with Gasteiger partial charge in [-0.1, -0.05) is 48.5 Å². The van der Waals surface area contributed by atoms with Gasteiger partial charge >= 0.3 is 0 Å². The van der Waals surface area contributed by atoms with Crippen molar-refractivity contribution in [2.45, 2.75) is 13.5 Å². The van der Waals surface area contributed by atoms with Gasteiger partial charge in [0.1, 0.15) is 12.4 Å². The molecule has 7 nitrogen and oxygen atoms in total. The Bertz CT molecular complexity index is 1040. The molecule has 0 fully saturated rings. The van der Waals surface area contributed by atoms with Crippen molar-refractivity contribution in [2.75, 3.05) is 13.7 Å². The van der Waals surface area contributed by atoms with Gasteiger partial charge in [0.25, 0.3) is 11.8 Å². The molecule has 0 bridgehead atoms. The number of amides is 2. The second kappa shape index (κ2) is 10.7. The molecule has 31 heavy (non-hydrogen) atoms. The predicted octanol–water partition coefficient (Wildman–Crippen LogP) is 3.42. The lowest BCUT2D eigenvalue weighted by atomic mass is 10.2. The number of nitrogens with one attached hydrogen (secondary N) is 2. The summed E-state index contributed by atoms with van der Waals surface area (Å²) in [5.74, 6) is 0.569. The number of para-hydroxylation sites is 1. The first-order chi connectivity index (χ1) is 15.1. The number of carbonyl (C=O) groups is 2. The second-order valence-electron chi connectivity index (χ2n) is 6.70. The first kappa shape index (κ1) is 21.7. The van der Waals surface area contributed by atoms with Crippen LogP contribution in [0.4, 0.5) is 0 Å². The third-order valence-corrected chi connectivity index (χ3v) is 4.43. The molecule has 0 atom stereocenters. The van der Waals surface area contributed by atoms with Crippen molar-refractivity contribution < 1.29 is 23.8 Å². The third kappa shape index (κ3) is 6.24. The summed E-state index contributed by atoms with van der Waals surface area (Å²) in [6, 6.07) is 21.9. The molecule has 3 rings (SSSR count). The molecule has 7 heteroatoms. The van der Waals surface area contributed by atoms with Gasteiger partial charge in [-0.15, -0.1) is 0 Å². The summed E-state index contributed by atoms with van der Waals surface area (Å²) >= 11 is 0. The highest BCUT2D eigenvalue weighted by Crippen LogP contribution is 2.28. The van der Waals surface area contributed by atoms with Crippen LogP contribution in [-0.2, 0) is 11.4 Å². The molecule has 2 amide bonds. The van der Waals surface area contributed by atoms with Crippen LogP contribution in [0.2, 0.25) is 0 Å². The molecule has 2 N–H and O–H groups in total. The minimum atomic E-state index is -0.489. The van der Waals surface area contributed by atoms with Crippen molar-refractivity contribution in [3.63, 3.8) is 0 Å². The van der Waals surface area contributed by atoms with Gasteiger partial charge in [0.2, 0.25) is 0 Å². The third-order valence-electron chi connectivity index (χ3n) is 4.43. The minimum absolute atomic E-state index is 0.222. The van der Waals surface area contributed by atoms with Crippen LogP contribution in [0.3, 0.4) is 0 Å². The summed E-state index contributed by atoms with van der Waals surface area (Å²) in [7, 11) is 1.50. The van der Waals surface area contributed by atoms with E-state index in [2.05, 4.69) is 10.9 Å². The lowest BCUT2D eigenvalue weighted by molar-refractivity contribution is -0.123. The van der Waals surface area contributed by atoms with Gasteiger partial charge in [0, 0.05) is 5.56 Å². The molecule has 0 unspecified atom stereocenters. The number of hydrogen-bond acceptors (Lipinski definition) is 5. The summed E-state index contributed by atoms with van der Waals surface area (Å²) in [5.41, 5.74) is 6.94. The van der Waals surface area contributed by atoms with Crippen LogP contribution in [0, 0.1) is 6.92 Å². The molecule has 0 heterocycles. The fraction of sp³-hybridized carbons (Fsp3) is 0.167. The first-order valence-corrected chi connectivity index (χ1v) is 9.69. The van der Waals surface area contributed by atoms with Crippen LogP contribution in [0.5, 0.6) is 17.2 Å². The van der Waals surface area contributed by atoms with Gasteiger partial charge in [0.05, 0.1) is 7.11 Å². The van der Waals surface area contributed by atoms with Crippen molar-refractivity contribution >= 4 is 11.8 Å². The summed E-state index contributed by atoms with van der Waals surface area (Å²) in [6.45, 7) is 2.04. The van der Waals surface area contributed by atoms with E-state index in [0.717, 1.165) is 11.1 Å². The van der Waals surface area contributed by atoms with Crippen LogP contribution in [0.1, 0.15) is 21.5 Å². The van der Waals surface area contributed by atoms with E-state index in [9.17, 15) is 9.59 Å². The van der Waals surface area contributed by atoms with Crippen LogP contribution in [-0.4, -0.2) is 25.5 Å². The van der Waals surface area contributed by atoms with Crippen molar-refractivity contribution in [1.82, 2.24) is 10.9 Å². The van der Waals surface area contributed by atoms with Gasteiger partial charge in [-0.3, -0.25) is 20.4 Å². The van der Waals surface area contributed by atoms with E-state index in [1.807, 2.05) is 55.5 Å². The number of rotatable bonds is 8. The van der Waals surface area contributed by atoms with Gasteiger partial charge in [0.15, 0.2) is 18.1 Å². The number of hydrogen-bond donors (Lipinski definition) is 2. The van der Waals surface area contributed by atoms with Crippen LogP contribution in [0.15, 0.2) is 72.8 Å². The Labute approximate surface area is 180 Å². The highest BCUT2D eigenvalue weighted by atomic mass is 16.5. The van der Waals surface area contributed by atoms with E-state index in [-0.39, 0.29) is 6.61 Å². The average Bonchev–Trinajstić information content (AvgIpc) is 2.81. The summed E-state index contributed by atoms with van der Waals surface area (Å²) < 4.78 is 16.6. The standard InChI is InChI=1S/C24H24N2O5/c1-17-8-6-7-11-20(17)31-16-23(27)25-26-24(28)19-12-13-21(22(14-19)29-2)30-15-18-9-4-3-5-10-18/h3-14H,15-16H2,1-2H3,(H,25,27)(H,26,28). The molecule has 0 aliphatic heterocycles. The average molecular weight is 420 g/mol. The van der Waals surface area contributed by atoms with Crippen LogP contribution < -0.4 is 25.1 Å². The Morgan fingerprint density at radius 3 is 2.29 bits per heavy atom. The summed E-state index contributed by atoms with van der Waals surface area (Å²) in [6.07, 6.45) is 0. The summed E-state index contributed by atoms with van der Waals surface area (Å²) in [4.78, 5) is 24.3. The van der Waals surface area contributed by atoms with E-state index in [4.69, 9.17) is 14.2 Å². The topological polar surface area (TPSA) is 85.9 Å². The predicted molar refractivity (Wildman–Crippen MR) is 116 cm³/mol. The van der Waals surface area contributed by atoms with E-state index >= 15 is 0 Å². The number of hydrazine groups is 1. The fourth-order valence-electron chi connectivity index (χ4n) is 2.76. The largest absolute Gasteiger partial charge is 0.493 e. The smallest absolute Gasteiger partial charge is 0.276 e. The fourth-order valence-corrected chi connectivity index (χ4v) is 2.76. The zero-order valence-corrected chi connectivity index (χ0v) is 17.4. The first-order valence-electron chi connectivity index (χ1n) is 9.69. The Morgan fingerprint density at radius 1 is 0.806 bits per heavy atom. The molecule has 0 aliphatic rings. The van der Waals surface area contributed by atoms with Crippen molar-refractivity contribution in [1.29, 1.82) is 0 Å². The molecule has 0 saturated heterocycles. The molecular weight excluding hydrogens is 396 g/mol. The molecule has 0 radical (unpaired) electrons. The number of ether oxygens (including phenoxy) is 3. The number of aryl methyl sites for hydroxylation is 1. The quantitative estimate of drug-likeness (QED) is 0.546. The zero-order valence-electron chi connectivity index (χ0n) is 17.4. The van der Waals surface area contributed by atoms with Crippen molar-refractivity contribution in [3.05, 3.63) is 89.5 Å². The number of methoxy groups -OCH3 is 1. The minimum Gasteiger partial charge on any atom is -0.493 e. The normalized spacial score (nSPS) is 10.1. The monoisotopic (exact) mass is 420 g/mol. The molecule has 0 aliphatic carbocycles. The van der Waals surface area contributed by atoms with E-state index in [1.54, 1.807) is 24.3 Å². The molecule has 160 valence electrons. The SMILES string of the molecule is COc1cc(C(=O)NNC(=O)COc2ccccc2C)ccc1OCc1ccccc1. The van der Waals surface area contributed by atoms with Gasteiger partial charge < -0.3 is 14.2 Å². The Balaban J connectivity index is 1.52. The maximum absolute atomic E-state index is 12.4. The van der Waals surface area contributed by atoms with Crippen LogP contribution >= 0.6 is 0 Å². The lowest BCUT2D eigenvalue weighted by Crippen LogP contribution is -2.43. The van der Waals surface area contributed by atoms with E-state index in [1.165, 1.54) is 7.11 Å². The maximum Gasteiger partial charge on any atom is 0.276 e. The van der Waals surface area contributed by atoms with Gasteiger partial charge in [-0.2, -0.15) is 0 Å². The Hall–Kier alpha value is -4.00. The molecule has 3 aromatic rings. The van der Waals surface area contributed by atoms with E-state index < -0.39 is 11.8 Å². The Kier molecular flexibility index (Phi) is 7.48. The van der Waals surface area contributed by atoms with Gasteiger partial charge in [-0.25, -0.2) is 0 Å². The van der Waals surface area contributed by atoms with Crippen molar-refractivity contribution in [2.24, 2.45) is 0 Å². The molecule has 0 spiro atoms. The lowest BCUT2D eigenvalue weighted by Gasteiger charge is -2.13. The zero-order chi connectivity index (χ0) is 22.1. The summed E-state index contributed by atoms with van der Waals surface area (Å²) in [5, 5.41) is 0. The van der Waals surface area contributed by atoms with Crippen molar-refractivity contribution in [3.8, 4) is 17.2 Å². The molecule has 3 aromatic carbocycles. The van der Waals surface area contributed by atoms with Gasteiger partial charge in [-0.05, 0) is 42.3 Å². The highest BCUT2D eigenvalue weighted by molar-refractivity contribution is 5.96. The molecule has 0 aromatic heterocycles.